The second-order valence-corrected chi connectivity index (χ2v) is 5.28. The molecule has 0 aliphatic heterocycles. The average molecular weight is 338 g/mol. The van der Waals surface area contributed by atoms with Crippen LogP contribution in [0, 0.1) is 10.1 Å². The van der Waals surface area contributed by atoms with Crippen molar-refractivity contribution in [3.05, 3.63) is 70.3 Å². The molecule has 7 nitrogen and oxygen atoms in total. The minimum absolute atomic E-state index is 0.0599. The first-order valence-corrected chi connectivity index (χ1v) is 7.35. The number of carboxylic acid groups (broad SMARTS) is 1. The number of ether oxygens (including phenoxy) is 1. The lowest BCUT2D eigenvalue weighted by molar-refractivity contribution is -0.383. The molecule has 0 aliphatic rings. The van der Waals surface area contributed by atoms with Gasteiger partial charge in [-0.05, 0) is 29.7 Å². The Labute approximate surface area is 142 Å². The van der Waals surface area contributed by atoms with Crippen molar-refractivity contribution >= 4 is 33.8 Å². The number of nitrogens with one attached hydrogen (secondary N) is 1. The smallest absolute Gasteiger partial charge is 0.338 e. The van der Waals surface area contributed by atoms with E-state index in [1.807, 2.05) is 12.1 Å². The van der Waals surface area contributed by atoms with E-state index in [1.165, 1.54) is 18.2 Å². The monoisotopic (exact) mass is 338 g/mol. The molecule has 0 aliphatic carbocycles. The van der Waals surface area contributed by atoms with Gasteiger partial charge in [-0.25, -0.2) is 4.79 Å². The molecule has 0 saturated heterocycles. The lowest BCUT2D eigenvalue weighted by Crippen LogP contribution is -2.06. The number of nitro groups is 1. The Balaban J connectivity index is 2.19. The summed E-state index contributed by atoms with van der Waals surface area (Å²) >= 11 is 0. The van der Waals surface area contributed by atoms with Crippen molar-refractivity contribution in [2.45, 2.75) is 0 Å². The molecular formula is C18H14N2O5. The van der Waals surface area contributed by atoms with E-state index in [1.54, 1.807) is 31.4 Å². The van der Waals surface area contributed by atoms with Crippen molar-refractivity contribution in [2.75, 3.05) is 12.4 Å². The highest BCUT2D eigenvalue weighted by Gasteiger charge is 2.22. The highest BCUT2D eigenvalue weighted by Crippen LogP contribution is 2.35. The lowest BCUT2D eigenvalue weighted by atomic mass is 10.1. The third kappa shape index (κ3) is 3.07. The lowest BCUT2D eigenvalue weighted by Gasteiger charge is -2.13. The third-order valence-corrected chi connectivity index (χ3v) is 3.82. The number of fused-ring (bicyclic) bond motifs is 1. The first-order chi connectivity index (χ1) is 12.0. The van der Waals surface area contributed by atoms with E-state index in [2.05, 4.69) is 5.32 Å². The molecular weight excluding hydrogens is 324 g/mol. The minimum Gasteiger partial charge on any atom is -0.497 e. The van der Waals surface area contributed by atoms with Gasteiger partial charge in [0.05, 0.1) is 17.6 Å². The summed E-state index contributed by atoms with van der Waals surface area (Å²) in [6, 6.07) is 14.8. The maximum atomic E-state index is 11.5. The van der Waals surface area contributed by atoms with Crippen LogP contribution in [0.1, 0.15) is 10.4 Å². The van der Waals surface area contributed by atoms with Gasteiger partial charge in [-0.2, -0.15) is 0 Å². The molecule has 7 heteroatoms. The van der Waals surface area contributed by atoms with Crippen molar-refractivity contribution in [2.24, 2.45) is 0 Å². The normalized spacial score (nSPS) is 10.4. The quantitative estimate of drug-likeness (QED) is 0.534. The fourth-order valence-corrected chi connectivity index (χ4v) is 2.62. The van der Waals surface area contributed by atoms with Gasteiger partial charge in [0.25, 0.3) is 5.69 Å². The molecule has 0 bridgehead atoms. The van der Waals surface area contributed by atoms with Gasteiger partial charge in [-0.3, -0.25) is 10.1 Å². The number of carboxylic acids is 1. The molecule has 3 rings (SSSR count). The van der Waals surface area contributed by atoms with Crippen LogP contribution in [-0.4, -0.2) is 23.1 Å². The Hall–Kier alpha value is -3.61. The molecule has 2 N–H and O–H groups in total. The SMILES string of the molecule is COc1ccc2cccc(Nc3c(C(=O)O)cccc3[N+](=O)[O-])c2c1. The molecule has 0 aromatic heterocycles. The van der Waals surface area contributed by atoms with Crippen LogP contribution < -0.4 is 10.1 Å². The van der Waals surface area contributed by atoms with Crippen molar-refractivity contribution in [1.82, 2.24) is 0 Å². The fraction of sp³-hybridized carbons (Fsp3) is 0.0556. The molecule has 126 valence electrons. The average Bonchev–Trinajstić information content (AvgIpc) is 2.61. The summed E-state index contributed by atoms with van der Waals surface area (Å²) < 4.78 is 5.22. The van der Waals surface area contributed by atoms with Crippen LogP contribution in [0.5, 0.6) is 5.75 Å². The zero-order valence-electron chi connectivity index (χ0n) is 13.2. The molecule has 0 saturated carbocycles. The van der Waals surface area contributed by atoms with E-state index >= 15 is 0 Å². The highest BCUT2D eigenvalue weighted by molar-refractivity contribution is 6.02. The topological polar surface area (TPSA) is 102 Å². The largest absolute Gasteiger partial charge is 0.497 e. The van der Waals surface area contributed by atoms with Gasteiger partial charge in [0.15, 0.2) is 0 Å². The second-order valence-electron chi connectivity index (χ2n) is 5.28. The van der Waals surface area contributed by atoms with Gasteiger partial charge in [0.2, 0.25) is 0 Å². The Kier molecular flexibility index (Phi) is 4.21. The zero-order chi connectivity index (χ0) is 18.0. The molecule has 0 amide bonds. The first kappa shape index (κ1) is 16.3. The zero-order valence-corrected chi connectivity index (χ0v) is 13.2. The Bertz CT molecular complexity index is 952. The maximum Gasteiger partial charge on any atom is 0.338 e. The third-order valence-electron chi connectivity index (χ3n) is 3.82. The Morgan fingerprint density at radius 3 is 2.60 bits per heavy atom. The van der Waals surface area contributed by atoms with Crippen molar-refractivity contribution < 1.29 is 19.6 Å². The molecule has 0 unspecified atom stereocenters. The van der Waals surface area contributed by atoms with Gasteiger partial charge in [-0.1, -0.05) is 24.3 Å². The van der Waals surface area contributed by atoms with Crippen molar-refractivity contribution in [1.29, 1.82) is 0 Å². The molecule has 0 fully saturated rings. The van der Waals surface area contributed by atoms with Crippen LogP contribution in [-0.2, 0) is 0 Å². The van der Waals surface area contributed by atoms with Crippen LogP contribution in [0.4, 0.5) is 17.1 Å². The predicted molar refractivity (Wildman–Crippen MR) is 93.8 cm³/mol. The minimum atomic E-state index is -1.25. The molecule has 3 aromatic rings. The summed E-state index contributed by atoms with van der Waals surface area (Å²) in [5.41, 5.74) is 0.0115. The molecule has 3 aromatic carbocycles. The summed E-state index contributed by atoms with van der Waals surface area (Å²) in [6.07, 6.45) is 0. The van der Waals surface area contributed by atoms with E-state index in [0.717, 1.165) is 10.8 Å². The van der Waals surface area contributed by atoms with Gasteiger partial charge >= 0.3 is 5.97 Å². The number of nitrogens with zero attached hydrogens (tertiary/aromatic N) is 1. The van der Waals surface area contributed by atoms with Crippen LogP contribution >= 0.6 is 0 Å². The number of anilines is 2. The summed E-state index contributed by atoms with van der Waals surface area (Å²) in [7, 11) is 1.54. The number of rotatable bonds is 5. The molecule has 0 radical (unpaired) electrons. The number of aromatic carboxylic acids is 1. The standard InChI is InChI=1S/C18H14N2O5/c1-25-12-9-8-11-4-2-6-15(14(11)10-12)19-17-13(18(21)22)5-3-7-16(17)20(23)24/h2-10,19H,1H3,(H,21,22). The fourth-order valence-electron chi connectivity index (χ4n) is 2.62. The van der Waals surface area contributed by atoms with E-state index in [0.29, 0.717) is 11.4 Å². The van der Waals surface area contributed by atoms with Gasteiger partial charge in [-0.15, -0.1) is 0 Å². The summed E-state index contributed by atoms with van der Waals surface area (Å²) in [5.74, 6) is -0.619. The Morgan fingerprint density at radius 2 is 1.92 bits per heavy atom. The number of para-hydroxylation sites is 1. The predicted octanol–water partition coefficient (Wildman–Crippen LogP) is 4.20. The van der Waals surface area contributed by atoms with Crippen LogP contribution in [0.3, 0.4) is 0 Å². The molecule has 0 spiro atoms. The van der Waals surface area contributed by atoms with Crippen LogP contribution in [0.25, 0.3) is 10.8 Å². The van der Waals surface area contributed by atoms with E-state index in [4.69, 9.17) is 4.74 Å². The maximum absolute atomic E-state index is 11.5. The van der Waals surface area contributed by atoms with Gasteiger partial charge in [0, 0.05) is 17.1 Å². The molecule has 25 heavy (non-hydrogen) atoms. The van der Waals surface area contributed by atoms with Crippen molar-refractivity contribution in [3.63, 3.8) is 0 Å². The summed E-state index contributed by atoms with van der Waals surface area (Å²) in [5, 5.41) is 25.2. The van der Waals surface area contributed by atoms with E-state index < -0.39 is 10.9 Å². The number of hydrogen-bond donors (Lipinski definition) is 2. The number of carbonyl (C=O) groups is 1. The van der Waals surface area contributed by atoms with E-state index in [9.17, 15) is 20.0 Å². The summed E-state index contributed by atoms with van der Waals surface area (Å²) in [6.45, 7) is 0. The number of benzene rings is 3. The number of hydrogen-bond acceptors (Lipinski definition) is 5. The van der Waals surface area contributed by atoms with E-state index in [-0.39, 0.29) is 16.9 Å². The molecule has 0 atom stereocenters. The van der Waals surface area contributed by atoms with Crippen LogP contribution in [0.15, 0.2) is 54.6 Å². The van der Waals surface area contributed by atoms with Crippen LogP contribution in [0.2, 0.25) is 0 Å². The van der Waals surface area contributed by atoms with Crippen molar-refractivity contribution in [3.8, 4) is 5.75 Å². The van der Waals surface area contributed by atoms with Gasteiger partial charge < -0.3 is 15.2 Å². The highest BCUT2D eigenvalue weighted by atomic mass is 16.6. The van der Waals surface area contributed by atoms with Gasteiger partial charge in [0.1, 0.15) is 11.4 Å². The number of nitro benzene ring substituents is 1. The molecule has 0 heterocycles. The Morgan fingerprint density at radius 1 is 1.16 bits per heavy atom. The number of methoxy groups -OCH3 is 1. The summed E-state index contributed by atoms with van der Waals surface area (Å²) in [4.78, 5) is 22.2. The first-order valence-electron chi connectivity index (χ1n) is 7.35. The second kappa shape index (κ2) is 6.48.